The fourth-order valence-electron chi connectivity index (χ4n) is 4.96. The van der Waals surface area contributed by atoms with Gasteiger partial charge in [0.05, 0.1) is 34.6 Å². The molecule has 2 aliphatic heterocycles. The van der Waals surface area contributed by atoms with Gasteiger partial charge in [-0.2, -0.15) is 0 Å². The molecule has 1 fully saturated rings. The Morgan fingerprint density at radius 2 is 2.20 bits per heavy atom. The molecule has 0 unspecified atom stereocenters. The summed E-state index contributed by atoms with van der Waals surface area (Å²) >= 11 is 1.69. The summed E-state index contributed by atoms with van der Waals surface area (Å²) in [5.74, 6) is -0.838. The monoisotopic (exact) mass is 495 g/mol. The number of rotatable bonds is 5. The van der Waals surface area contributed by atoms with Crippen molar-refractivity contribution in [1.82, 2.24) is 15.2 Å². The number of methoxy groups -OCH3 is 1. The Labute approximate surface area is 206 Å². The average molecular weight is 496 g/mol. The summed E-state index contributed by atoms with van der Waals surface area (Å²) < 4.78 is 18.8. The number of hydrogen-bond donors (Lipinski definition) is 2. The van der Waals surface area contributed by atoms with Crippen molar-refractivity contribution in [2.75, 3.05) is 30.4 Å². The van der Waals surface area contributed by atoms with Crippen molar-refractivity contribution in [3.63, 3.8) is 0 Å². The standard InChI is InChI=1S/C25H26FN5O3S/c1-4-25-10-15(35-21-8-14(2)17(11-27-21)24(33)34-3)12-31(25)20-9-19(29-30-23(20)28-13-25)16-6-5-7-18(26)22(16)32/h5-9,11,15,32H,4,10,12-13H2,1-3H3,(H,28,30)/t15-,25-/m1/s1. The van der Waals surface area contributed by atoms with Crippen molar-refractivity contribution in [2.45, 2.75) is 42.5 Å². The van der Waals surface area contributed by atoms with E-state index in [-0.39, 0.29) is 10.8 Å². The third kappa shape index (κ3) is 4.05. The van der Waals surface area contributed by atoms with E-state index >= 15 is 0 Å². The normalized spacial score (nSPS) is 20.7. The largest absolute Gasteiger partial charge is 0.504 e. The lowest BCUT2D eigenvalue weighted by molar-refractivity contribution is 0.0599. The maximum atomic E-state index is 14.0. The van der Waals surface area contributed by atoms with Crippen molar-refractivity contribution in [2.24, 2.45) is 0 Å². The minimum absolute atomic E-state index is 0.115. The summed E-state index contributed by atoms with van der Waals surface area (Å²) in [6, 6.07) is 8.18. The minimum atomic E-state index is -0.693. The van der Waals surface area contributed by atoms with Crippen molar-refractivity contribution in [1.29, 1.82) is 0 Å². The van der Waals surface area contributed by atoms with Gasteiger partial charge in [-0.15, -0.1) is 22.0 Å². The number of phenols is 1. The second-order valence-electron chi connectivity index (χ2n) is 8.91. The second kappa shape index (κ2) is 8.99. The molecule has 35 heavy (non-hydrogen) atoms. The molecule has 0 saturated carbocycles. The summed E-state index contributed by atoms with van der Waals surface area (Å²) in [5.41, 5.74) is 2.80. The van der Waals surface area contributed by atoms with E-state index in [0.29, 0.717) is 22.6 Å². The molecule has 4 heterocycles. The van der Waals surface area contributed by atoms with Crippen LogP contribution in [-0.2, 0) is 4.74 Å². The summed E-state index contributed by atoms with van der Waals surface area (Å²) in [6.07, 6.45) is 3.43. The molecule has 182 valence electrons. The SMILES string of the molecule is CC[C@@]12CNc3nnc(-c4cccc(F)c4O)cc3N1C[C@H](Sc1cc(C)c(C(=O)OC)cn1)C2. The Bertz CT molecular complexity index is 1310. The van der Waals surface area contributed by atoms with Gasteiger partial charge < -0.3 is 20.1 Å². The van der Waals surface area contributed by atoms with Gasteiger partial charge in [0.15, 0.2) is 17.4 Å². The van der Waals surface area contributed by atoms with Gasteiger partial charge in [-0.1, -0.05) is 13.0 Å². The zero-order valence-corrected chi connectivity index (χ0v) is 20.5. The van der Waals surface area contributed by atoms with Crippen LogP contribution in [0.25, 0.3) is 11.3 Å². The number of nitrogens with zero attached hydrogens (tertiary/aromatic N) is 4. The van der Waals surface area contributed by atoms with Crippen molar-refractivity contribution in [3.05, 3.63) is 53.5 Å². The summed E-state index contributed by atoms with van der Waals surface area (Å²) in [4.78, 5) is 18.8. The number of aromatic nitrogens is 3. The lowest BCUT2D eigenvalue weighted by Gasteiger charge is -2.44. The Morgan fingerprint density at radius 3 is 2.94 bits per heavy atom. The number of nitrogens with one attached hydrogen (secondary N) is 1. The number of esters is 1. The topological polar surface area (TPSA) is 100 Å². The van der Waals surface area contributed by atoms with Crippen LogP contribution in [0.4, 0.5) is 15.9 Å². The van der Waals surface area contributed by atoms with E-state index in [2.05, 4.69) is 32.3 Å². The van der Waals surface area contributed by atoms with Gasteiger partial charge in [0.1, 0.15) is 0 Å². The van der Waals surface area contributed by atoms with E-state index in [9.17, 15) is 14.3 Å². The summed E-state index contributed by atoms with van der Waals surface area (Å²) in [7, 11) is 1.36. The van der Waals surface area contributed by atoms with Crippen LogP contribution in [-0.4, -0.2) is 57.2 Å². The Kier molecular flexibility index (Phi) is 6.00. The molecule has 2 atom stereocenters. The average Bonchev–Trinajstić information content (AvgIpc) is 3.24. The van der Waals surface area contributed by atoms with E-state index in [1.807, 2.05) is 19.1 Å². The predicted octanol–water partition coefficient (Wildman–Crippen LogP) is 4.42. The van der Waals surface area contributed by atoms with Crippen molar-refractivity contribution >= 4 is 29.2 Å². The van der Waals surface area contributed by atoms with Crippen molar-refractivity contribution < 1.29 is 19.0 Å². The van der Waals surface area contributed by atoms with Crippen LogP contribution in [0.15, 0.2) is 41.6 Å². The number of hydrogen-bond acceptors (Lipinski definition) is 9. The molecule has 0 amide bonds. The first-order chi connectivity index (χ1) is 16.8. The molecule has 2 aromatic heterocycles. The fourth-order valence-corrected chi connectivity index (χ4v) is 6.28. The summed E-state index contributed by atoms with van der Waals surface area (Å²) in [5, 5.41) is 23.4. The highest BCUT2D eigenvalue weighted by Crippen LogP contribution is 2.48. The number of halogens is 1. The number of para-hydroxylation sites is 1. The molecular weight excluding hydrogens is 469 g/mol. The number of carbonyl (C=O) groups excluding carboxylic acids is 1. The Morgan fingerprint density at radius 1 is 1.37 bits per heavy atom. The molecule has 1 saturated heterocycles. The molecule has 0 aliphatic carbocycles. The third-order valence-electron chi connectivity index (χ3n) is 6.92. The number of aryl methyl sites for hydroxylation is 1. The maximum absolute atomic E-state index is 14.0. The number of phenolic OH excluding ortho intramolecular Hbond substituents is 1. The predicted molar refractivity (Wildman–Crippen MR) is 133 cm³/mol. The molecule has 10 heteroatoms. The number of aromatic hydroxyl groups is 1. The number of ether oxygens (including phenoxy) is 1. The van der Waals surface area contributed by atoms with Gasteiger partial charge in [0, 0.05) is 30.1 Å². The second-order valence-corrected chi connectivity index (χ2v) is 10.2. The van der Waals surface area contributed by atoms with Crippen molar-refractivity contribution in [3.8, 4) is 17.0 Å². The highest BCUT2D eigenvalue weighted by molar-refractivity contribution is 7.99. The van der Waals surface area contributed by atoms with E-state index in [0.717, 1.165) is 42.2 Å². The summed E-state index contributed by atoms with van der Waals surface area (Å²) in [6.45, 7) is 5.56. The number of benzene rings is 1. The zero-order chi connectivity index (χ0) is 24.7. The molecule has 2 aliphatic rings. The number of carbonyl (C=O) groups is 1. The lowest BCUT2D eigenvalue weighted by Crippen LogP contribution is -2.52. The molecular formula is C25H26FN5O3S. The van der Waals surface area contributed by atoms with E-state index < -0.39 is 17.5 Å². The Hall–Kier alpha value is -3.40. The molecule has 5 rings (SSSR count). The van der Waals surface area contributed by atoms with Crippen LogP contribution in [0, 0.1) is 12.7 Å². The Balaban J connectivity index is 1.44. The van der Waals surface area contributed by atoms with E-state index in [1.165, 1.54) is 13.2 Å². The number of anilines is 2. The van der Waals surface area contributed by atoms with Crippen LogP contribution >= 0.6 is 11.8 Å². The molecule has 0 bridgehead atoms. The number of thioether (sulfide) groups is 1. The molecule has 8 nitrogen and oxygen atoms in total. The van der Waals surface area contributed by atoms with Gasteiger partial charge in [0.25, 0.3) is 0 Å². The van der Waals surface area contributed by atoms with Crippen LogP contribution in [0.1, 0.15) is 35.7 Å². The molecule has 0 spiro atoms. The quantitative estimate of drug-likeness (QED) is 0.498. The highest BCUT2D eigenvalue weighted by Gasteiger charge is 2.48. The third-order valence-corrected chi connectivity index (χ3v) is 8.03. The first kappa shape index (κ1) is 23.3. The number of pyridine rings is 1. The smallest absolute Gasteiger partial charge is 0.339 e. The van der Waals surface area contributed by atoms with Gasteiger partial charge in [-0.3, -0.25) is 0 Å². The molecule has 3 aromatic rings. The highest BCUT2D eigenvalue weighted by atomic mass is 32.2. The molecule has 1 aromatic carbocycles. The van der Waals surface area contributed by atoms with Gasteiger partial charge in [0.2, 0.25) is 0 Å². The van der Waals surface area contributed by atoms with Gasteiger partial charge in [-0.25, -0.2) is 14.2 Å². The molecule has 0 radical (unpaired) electrons. The van der Waals surface area contributed by atoms with E-state index in [1.54, 1.807) is 30.1 Å². The lowest BCUT2D eigenvalue weighted by atomic mass is 9.90. The number of fused-ring (bicyclic) bond motifs is 3. The van der Waals surface area contributed by atoms with Gasteiger partial charge in [-0.05, 0) is 49.6 Å². The molecule has 2 N–H and O–H groups in total. The van der Waals surface area contributed by atoms with Gasteiger partial charge >= 0.3 is 5.97 Å². The van der Waals surface area contributed by atoms with Crippen LogP contribution in [0.2, 0.25) is 0 Å². The van der Waals surface area contributed by atoms with Crippen LogP contribution in [0.3, 0.4) is 0 Å². The zero-order valence-electron chi connectivity index (χ0n) is 19.7. The first-order valence-corrected chi connectivity index (χ1v) is 12.3. The first-order valence-electron chi connectivity index (χ1n) is 11.4. The maximum Gasteiger partial charge on any atom is 0.339 e. The van der Waals surface area contributed by atoms with E-state index in [4.69, 9.17) is 4.74 Å². The van der Waals surface area contributed by atoms with Crippen LogP contribution in [0.5, 0.6) is 5.75 Å². The fraction of sp³-hybridized carbons (Fsp3) is 0.360. The minimum Gasteiger partial charge on any atom is -0.504 e. The van der Waals surface area contributed by atoms with Crippen LogP contribution < -0.4 is 10.2 Å².